The summed E-state index contributed by atoms with van der Waals surface area (Å²) in [6, 6.07) is 8.80. The number of benzene rings is 1. The number of hydrogen-bond donors (Lipinski definition) is 0. The van der Waals surface area contributed by atoms with Gasteiger partial charge in [-0.25, -0.2) is 5.32 Å². The van der Waals surface area contributed by atoms with Crippen molar-refractivity contribution in [3.05, 3.63) is 52.8 Å². The van der Waals surface area contributed by atoms with Crippen molar-refractivity contribution in [1.82, 2.24) is 20.0 Å². The molecule has 1 saturated heterocycles. The van der Waals surface area contributed by atoms with E-state index in [4.69, 9.17) is 10.1 Å². The summed E-state index contributed by atoms with van der Waals surface area (Å²) in [4.78, 5) is 2.44. The Kier molecular flexibility index (Phi) is 4.16. The SMILES string of the molecule is Cn1ncc(CN2CCOCC2)c1C1[N]CCc2ccccc21. The third-order valence-corrected chi connectivity index (χ3v) is 4.86. The Morgan fingerprint density at radius 2 is 2.04 bits per heavy atom. The number of nitrogens with zero attached hydrogens (tertiary/aromatic N) is 4. The maximum atomic E-state index is 5.45. The van der Waals surface area contributed by atoms with Gasteiger partial charge in [-0.2, -0.15) is 5.10 Å². The van der Waals surface area contributed by atoms with Crippen LogP contribution in [0.15, 0.2) is 30.5 Å². The summed E-state index contributed by atoms with van der Waals surface area (Å²) in [6.45, 7) is 5.46. The number of rotatable bonds is 3. The summed E-state index contributed by atoms with van der Waals surface area (Å²) >= 11 is 0. The highest BCUT2D eigenvalue weighted by Crippen LogP contribution is 2.31. The molecular formula is C18H23N4O. The maximum Gasteiger partial charge on any atom is 0.0919 e. The molecule has 2 aliphatic rings. The van der Waals surface area contributed by atoms with Gasteiger partial charge in [0.25, 0.3) is 0 Å². The predicted molar refractivity (Wildman–Crippen MR) is 88.3 cm³/mol. The minimum atomic E-state index is 0.114. The summed E-state index contributed by atoms with van der Waals surface area (Å²) < 4.78 is 7.46. The van der Waals surface area contributed by atoms with Crippen molar-refractivity contribution in [1.29, 1.82) is 0 Å². The van der Waals surface area contributed by atoms with Crippen LogP contribution < -0.4 is 5.32 Å². The Balaban J connectivity index is 1.65. The molecule has 5 nitrogen and oxygen atoms in total. The van der Waals surface area contributed by atoms with Gasteiger partial charge in [0, 0.05) is 38.8 Å². The fraction of sp³-hybridized carbons (Fsp3) is 0.500. The second-order valence-electron chi connectivity index (χ2n) is 6.32. The van der Waals surface area contributed by atoms with Crippen molar-refractivity contribution >= 4 is 0 Å². The van der Waals surface area contributed by atoms with Crippen LogP contribution in [0.4, 0.5) is 0 Å². The van der Waals surface area contributed by atoms with Gasteiger partial charge < -0.3 is 4.74 Å². The first-order valence-electron chi connectivity index (χ1n) is 8.38. The van der Waals surface area contributed by atoms with Crippen molar-refractivity contribution in [3.8, 4) is 0 Å². The van der Waals surface area contributed by atoms with Crippen LogP contribution in [0.25, 0.3) is 0 Å². The highest BCUT2D eigenvalue weighted by atomic mass is 16.5. The van der Waals surface area contributed by atoms with Gasteiger partial charge in [0.1, 0.15) is 0 Å². The van der Waals surface area contributed by atoms with Crippen LogP contribution in [0.2, 0.25) is 0 Å². The lowest BCUT2D eigenvalue weighted by Crippen LogP contribution is -2.36. The van der Waals surface area contributed by atoms with Crippen LogP contribution in [-0.2, 0) is 24.8 Å². The molecule has 2 aromatic rings. The highest BCUT2D eigenvalue weighted by Gasteiger charge is 2.27. The molecule has 1 atom stereocenters. The molecule has 0 saturated carbocycles. The molecule has 23 heavy (non-hydrogen) atoms. The molecule has 1 aromatic carbocycles. The van der Waals surface area contributed by atoms with E-state index in [0.29, 0.717) is 0 Å². The Bertz CT molecular complexity index is 675. The zero-order chi connectivity index (χ0) is 15.6. The summed E-state index contributed by atoms with van der Waals surface area (Å²) in [5.41, 5.74) is 5.29. The number of morpholine rings is 1. The average molecular weight is 311 g/mol. The molecule has 0 aliphatic carbocycles. The maximum absolute atomic E-state index is 5.45. The van der Waals surface area contributed by atoms with Crippen molar-refractivity contribution in [3.63, 3.8) is 0 Å². The minimum absolute atomic E-state index is 0.114. The second kappa shape index (κ2) is 6.43. The molecule has 5 heteroatoms. The van der Waals surface area contributed by atoms with Crippen molar-refractivity contribution in [2.75, 3.05) is 32.8 Å². The molecule has 0 spiro atoms. The predicted octanol–water partition coefficient (Wildman–Crippen LogP) is 1.50. The molecule has 0 N–H and O–H groups in total. The van der Waals surface area contributed by atoms with Gasteiger partial charge in [0.05, 0.1) is 31.1 Å². The van der Waals surface area contributed by atoms with Crippen molar-refractivity contribution in [2.45, 2.75) is 19.0 Å². The Morgan fingerprint density at radius 3 is 2.91 bits per heavy atom. The van der Waals surface area contributed by atoms with E-state index in [9.17, 15) is 0 Å². The fourth-order valence-corrected chi connectivity index (χ4v) is 3.64. The molecule has 2 aliphatic heterocycles. The van der Waals surface area contributed by atoms with E-state index in [2.05, 4.69) is 34.3 Å². The lowest BCUT2D eigenvalue weighted by Gasteiger charge is -2.29. The first-order valence-corrected chi connectivity index (χ1v) is 8.38. The van der Waals surface area contributed by atoms with Crippen LogP contribution in [0.3, 0.4) is 0 Å². The average Bonchev–Trinajstić information content (AvgIpc) is 2.95. The number of fused-ring (bicyclic) bond motifs is 1. The lowest BCUT2D eigenvalue weighted by molar-refractivity contribution is 0.0340. The minimum Gasteiger partial charge on any atom is -0.379 e. The largest absolute Gasteiger partial charge is 0.379 e. The van der Waals surface area contributed by atoms with Crippen molar-refractivity contribution in [2.24, 2.45) is 7.05 Å². The zero-order valence-electron chi connectivity index (χ0n) is 13.6. The highest BCUT2D eigenvalue weighted by molar-refractivity contribution is 5.39. The Morgan fingerprint density at radius 1 is 1.22 bits per heavy atom. The molecular weight excluding hydrogens is 288 g/mol. The topological polar surface area (TPSA) is 44.4 Å². The van der Waals surface area contributed by atoms with Crippen LogP contribution in [0.5, 0.6) is 0 Å². The van der Waals surface area contributed by atoms with Crippen LogP contribution in [0.1, 0.15) is 28.4 Å². The van der Waals surface area contributed by atoms with E-state index in [1.165, 1.54) is 22.4 Å². The van der Waals surface area contributed by atoms with Crippen LogP contribution in [0, 0.1) is 0 Å². The van der Waals surface area contributed by atoms with Crippen LogP contribution >= 0.6 is 0 Å². The van der Waals surface area contributed by atoms with Gasteiger partial charge in [-0.3, -0.25) is 9.58 Å². The summed E-state index contributed by atoms with van der Waals surface area (Å²) in [7, 11) is 2.03. The van der Waals surface area contributed by atoms with Gasteiger partial charge in [-0.1, -0.05) is 24.3 Å². The van der Waals surface area contributed by atoms with Gasteiger partial charge in [-0.15, -0.1) is 0 Å². The number of ether oxygens (including phenoxy) is 1. The zero-order valence-corrected chi connectivity index (χ0v) is 13.6. The first kappa shape index (κ1) is 14.9. The molecule has 1 aromatic heterocycles. The van der Waals surface area contributed by atoms with Gasteiger partial charge in [0.2, 0.25) is 0 Å². The van der Waals surface area contributed by atoms with E-state index in [0.717, 1.165) is 45.8 Å². The van der Waals surface area contributed by atoms with E-state index in [1.807, 2.05) is 17.9 Å². The number of aromatic nitrogens is 2. The lowest BCUT2D eigenvalue weighted by atomic mass is 9.91. The van der Waals surface area contributed by atoms with Crippen molar-refractivity contribution < 1.29 is 4.74 Å². The molecule has 0 bridgehead atoms. The monoisotopic (exact) mass is 311 g/mol. The molecule has 121 valence electrons. The standard InChI is InChI=1S/C18H23N4O/c1-21-18(15(12-20-21)13-22-8-10-23-11-9-22)17-16-5-3-2-4-14(16)6-7-19-17/h2-5,12,17H,6-11,13H2,1H3. The summed E-state index contributed by atoms with van der Waals surface area (Å²) in [6.07, 6.45) is 3.06. The van der Waals surface area contributed by atoms with E-state index in [-0.39, 0.29) is 6.04 Å². The Hall–Kier alpha value is -1.69. The second-order valence-corrected chi connectivity index (χ2v) is 6.32. The molecule has 1 radical (unpaired) electrons. The third-order valence-electron chi connectivity index (χ3n) is 4.86. The summed E-state index contributed by atoms with van der Waals surface area (Å²) in [5.74, 6) is 0. The van der Waals surface area contributed by atoms with Gasteiger partial charge in [-0.05, 0) is 17.5 Å². The summed E-state index contributed by atoms with van der Waals surface area (Å²) in [5, 5.41) is 9.45. The molecule has 0 amide bonds. The van der Waals surface area contributed by atoms with E-state index < -0.39 is 0 Å². The quantitative estimate of drug-likeness (QED) is 0.863. The molecule has 3 heterocycles. The Labute approximate surface area is 137 Å². The molecule has 1 unspecified atom stereocenters. The fourth-order valence-electron chi connectivity index (χ4n) is 3.64. The molecule has 1 fully saturated rings. The normalized spacial score (nSPS) is 22.0. The van der Waals surface area contributed by atoms with E-state index in [1.54, 1.807) is 0 Å². The third kappa shape index (κ3) is 2.92. The first-order chi connectivity index (χ1) is 11.3. The molecule has 4 rings (SSSR count). The van der Waals surface area contributed by atoms with Gasteiger partial charge >= 0.3 is 0 Å². The number of hydrogen-bond acceptors (Lipinski definition) is 3. The number of aryl methyl sites for hydroxylation is 1. The smallest absolute Gasteiger partial charge is 0.0919 e. The van der Waals surface area contributed by atoms with Gasteiger partial charge in [0.15, 0.2) is 0 Å². The van der Waals surface area contributed by atoms with Crippen LogP contribution in [-0.4, -0.2) is 47.5 Å². The van der Waals surface area contributed by atoms with E-state index >= 15 is 0 Å².